The standard InChI is InChI=1S/C17H14BrNO/c18-12-11-17(20)19(13-15-7-3-1-4-8-15)14-16-9-5-2-6-10-16/h1-10H,13-14H2. The fraction of sp³-hybridized carbons (Fsp3) is 0.118. The molecule has 0 aromatic heterocycles. The summed E-state index contributed by atoms with van der Waals surface area (Å²) in [5.41, 5.74) is 2.18. The van der Waals surface area contributed by atoms with Crippen LogP contribution in [0.2, 0.25) is 0 Å². The fourth-order valence-corrected chi connectivity index (χ4v) is 2.10. The van der Waals surface area contributed by atoms with Crippen molar-refractivity contribution in [3.63, 3.8) is 0 Å². The minimum atomic E-state index is -0.186. The third-order valence-electron chi connectivity index (χ3n) is 2.87. The highest BCUT2D eigenvalue weighted by atomic mass is 79.9. The summed E-state index contributed by atoms with van der Waals surface area (Å²) >= 11 is 2.98. The maximum Gasteiger partial charge on any atom is 0.299 e. The first-order chi connectivity index (χ1) is 9.79. The van der Waals surface area contributed by atoms with Crippen molar-refractivity contribution in [2.75, 3.05) is 0 Å². The summed E-state index contributed by atoms with van der Waals surface area (Å²) in [7, 11) is 0. The van der Waals surface area contributed by atoms with E-state index >= 15 is 0 Å². The molecule has 0 unspecified atom stereocenters. The number of hydrogen-bond donors (Lipinski definition) is 0. The second-order valence-corrected chi connectivity index (χ2v) is 4.75. The van der Waals surface area contributed by atoms with Crippen LogP contribution in [0.15, 0.2) is 60.7 Å². The lowest BCUT2D eigenvalue weighted by atomic mass is 10.1. The third kappa shape index (κ3) is 4.25. The predicted molar refractivity (Wildman–Crippen MR) is 83.8 cm³/mol. The SMILES string of the molecule is O=C(C#CBr)N(Cc1ccccc1)Cc1ccccc1. The summed E-state index contributed by atoms with van der Waals surface area (Å²) in [5.74, 6) is 2.35. The molecule has 2 rings (SSSR count). The van der Waals surface area contributed by atoms with E-state index < -0.39 is 0 Å². The summed E-state index contributed by atoms with van der Waals surface area (Å²) in [6, 6.07) is 19.8. The molecule has 0 spiro atoms. The molecule has 2 aromatic carbocycles. The number of amides is 1. The van der Waals surface area contributed by atoms with Crippen LogP contribution >= 0.6 is 15.9 Å². The van der Waals surface area contributed by atoms with E-state index in [-0.39, 0.29) is 5.91 Å². The van der Waals surface area contributed by atoms with Crippen molar-refractivity contribution in [1.82, 2.24) is 4.90 Å². The lowest BCUT2D eigenvalue weighted by molar-refractivity contribution is -0.126. The Bertz CT molecular complexity index is 572. The summed E-state index contributed by atoms with van der Waals surface area (Å²) in [6.07, 6.45) is 0. The van der Waals surface area contributed by atoms with Crippen LogP contribution < -0.4 is 0 Å². The van der Waals surface area contributed by atoms with Crippen LogP contribution in [0.1, 0.15) is 11.1 Å². The summed E-state index contributed by atoms with van der Waals surface area (Å²) in [5, 5.41) is 0. The molecule has 0 aliphatic carbocycles. The Morgan fingerprint density at radius 1 is 0.900 bits per heavy atom. The highest BCUT2D eigenvalue weighted by Crippen LogP contribution is 2.10. The Balaban J connectivity index is 2.16. The van der Waals surface area contributed by atoms with Gasteiger partial charge in [0.1, 0.15) is 0 Å². The van der Waals surface area contributed by atoms with Gasteiger partial charge in [-0.1, -0.05) is 60.7 Å². The molecule has 2 nitrogen and oxygen atoms in total. The summed E-state index contributed by atoms with van der Waals surface area (Å²) < 4.78 is 0. The molecule has 100 valence electrons. The molecule has 2 aromatic rings. The molecule has 0 aliphatic rings. The van der Waals surface area contributed by atoms with Crippen molar-refractivity contribution >= 4 is 21.8 Å². The van der Waals surface area contributed by atoms with Gasteiger partial charge in [0, 0.05) is 34.9 Å². The topological polar surface area (TPSA) is 20.3 Å². The van der Waals surface area contributed by atoms with Crippen molar-refractivity contribution in [2.45, 2.75) is 13.1 Å². The third-order valence-corrected chi connectivity index (χ3v) is 3.07. The monoisotopic (exact) mass is 327 g/mol. The van der Waals surface area contributed by atoms with E-state index in [4.69, 9.17) is 0 Å². The van der Waals surface area contributed by atoms with E-state index in [0.717, 1.165) is 11.1 Å². The van der Waals surface area contributed by atoms with Crippen LogP contribution in [0.3, 0.4) is 0 Å². The Morgan fingerprint density at radius 3 is 1.75 bits per heavy atom. The Labute approximate surface area is 127 Å². The van der Waals surface area contributed by atoms with Crippen LogP contribution in [-0.4, -0.2) is 10.8 Å². The molecule has 0 saturated carbocycles. The fourth-order valence-electron chi connectivity index (χ4n) is 1.93. The van der Waals surface area contributed by atoms with Crippen LogP contribution in [0.5, 0.6) is 0 Å². The van der Waals surface area contributed by atoms with E-state index in [1.54, 1.807) is 4.90 Å². The van der Waals surface area contributed by atoms with Gasteiger partial charge in [-0.25, -0.2) is 0 Å². The van der Waals surface area contributed by atoms with Gasteiger partial charge in [0.05, 0.1) is 0 Å². The Hall–Kier alpha value is -2.05. The minimum Gasteiger partial charge on any atom is -0.323 e. The number of nitrogens with zero attached hydrogens (tertiary/aromatic N) is 1. The number of benzene rings is 2. The van der Waals surface area contributed by atoms with E-state index in [2.05, 4.69) is 26.7 Å². The Kier molecular flexibility index (Phi) is 5.40. The van der Waals surface area contributed by atoms with Gasteiger partial charge in [-0.3, -0.25) is 4.79 Å². The molecule has 0 radical (unpaired) electrons. The molecule has 0 heterocycles. The normalized spacial score (nSPS) is 9.45. The molecule has 3 heteroatoms. The van der Waals surface area contributed by atoms with Gasteiger partial charge in [0.25, 0.3) is 5.91 Å². The second-order valence-electron chi connectivity index (χ2n) is 4.35. The van der Waals surface area contributed by atoms with E-state index in [1.165, 1.54) is 0 Å². The largest absolute Gasteiger partial charge is 0.323 e. The number of carbonyl (C=O) groups is 1. The highest BCUT2D eigenvalue weighted by Gasteiger charge is 2.12. The van der Waals surface area contributed by atoms with Gasteiger partial charge in [-0.05, 0) is 16.0 Å². The molecular formula is C17H14BrNO. The second kappa shape index (κ2) is 7.52. The van der Waals surface area contributed by atoms with Crippen molar-refractivity contribution in [2.24, 2.45) is 0 Å². The molecule has 0 atom stereocenters. The van der Waals surface area contributed by atoms with Gasteiger partial charge >= 0.3 is 0 Å². The molecule has 0 N–H and O–H groups in total. The number of hydrogen-bond acceptors (Lipinski definition) is 1. The van der Waals surface area contributed by atoms with E-state index in [1.807, 2.05) is 60.7 Å². The molecule has 0 aliphatic heterocycles. The first-order valence-electron chi connectivity index (χ1n) is 6.28. The first-order valence-corrected chi connectivity index (χ1v) is 7.07. The zero-order chi connectivity index (χ0) is 14.2. The van der Waals surface area contributed by atoms with E-state index in [9.17, 15) is 4.79 Å². The van der Waals surface area contributed by atoms with Gasteiger partial charge in [-0.2, -0.15) is 0 Å². The van der Waals surface area contributed by atoms with Crippen LogP contribution in [0, 0.1) is 10.8 Å². The summed E-state index contributed by atoms with van der Waals surface area (Å²) in [4.78, 5) is 16.3. The zero-order valence-corrected chi connectivity index (χ0v) is 12.5. The van der Waals surface area contributed by atoms with Gasteiger partial charge in [0.15, 0.2) is 0 Å². The number of halogens is 1. The Morgan fingerprint density at radius 2 is 1.35 bits per heavy atom. The first kappa shape index (κ1) is 14.4. The lowest BCUT2D eigenvalue weighted by Crippen LogP contribution is -2.28. The van der Waals surface area contributed by atoms with Crippen molar-refractivity contribution in [3.8, 4) is 10.8 Å². The molecule has 0 bridgehead atoms. The van der Waals surface area contributed by atoms with Crippen LogP contribution in [0.25, 0.3) is 0 Å². The minimum absolute atomic E-state index is 0.186. The zero-order valence-electron chi connectivity index (χ0n) is 10.9. The average molecular weight is 328 g/mol. The predicted octanol–water partition coefficient (Wildman–Crippen LogP) is 3.57. The van der Waals surface area contributed by atoms with Crippen molar-refractivity contribution in [3.05, 3.63) is 71.8 Å². The van der Waals surface area contributed by atoms with Gasteiger partial charge in [-0.15, -0.1) is 0 Å². The van der Waals surface area contributed by atoms with Crippen molar-refractivity contribution in [1.29, 1.82) is 0 Å². The lowest BCUT2D eigenvalue weighted by Gasteiger charge is -2.20. The quantitative estimate of drug-likeness (QED) is 0.786. The molecule has 0 saturated heterocycles. The maximum atomic E-state index is 12.1. The van der Waals surface area contributed by atoms with E-state index in [0.29, 0.717) is 13.1 Å². The average Bonchev–Trinajstić information content (AvgIpc) is 2.49. The smallest absolute Gasteiger partial charge is 0.299 e. The maximum absolute atomic E-state index is 12.1. The van der Waals surface area contributed by atoms with Crippen LogP contribution in [0.4, 0.5) is 0 Å². The van der Waals surface area contributed by atoms with Gasteiger partial charge in [0.2, 0.25) is 0 Å². The van der Waals surface area contributed by atoms with Crippen molar-refractivity contribution < 1.29 is 4.79 Å². The van der Waals surface area contributed by atoms with Gasteiger partial charge < -0.3 is 4.90 Å². The molecule has 20 heavy (non-hydrogen) atoms. The molecular weight excluding hydrogens is 314 g/mol. The highest BCUT2D eigenvalue weighted by molar-refractivity contribution is 9.12. The number of carbonyl (C=O) groups excluding carboxylic acids is 1. The number of rotatable bonds is 4. The van der Waals surface area contributed by atoms with Crippen LogP contribution in [-0.2, 0) is 17.9 Å². The molecule has 1 amide bonds. The molecule has 0 fully saturated rings. The summed E-state index contributed by atoms with van der Waals surface area (Å²) in [6.45, 7) is 1.10.